The summed E-state index contributed by atoms with van der Waals surface area (Å²) < 4.78 is 0. The summed E-state index contributed by atoms with van der Waals surface area (Å²) in [6.07, 6.45) is 2.68. The van der Waals surface area contributed by atoms with Crippen LogP contribution in [-0.4, -0.2) is 11.8 Å². The lowest BCUT2D eigenvalue weighted by molar-refractivity contribution is 0.499. The van der Waals surface area contributed by atoms with Crippen molar-refractivity contribution in [3.8, 4) is 0 Å². The molecule has 0 aliphatic carbocycles. The monoisotopic (exact) mass is 111 g/mol. The van der Waals surface area contributed by atoms with Crippen molar-refractivity contribution in [3.05, 3.63) is 0 Å². The fraction of sp³-hybridized carbons (Fsp3) is 0.800. The highest BCUT2D eigenvalue weighted by Gasteiger charge is 2.16. The van der Waals surface area contributed by atoms with Crippen LogP contribution in [0.15, 0.2) is 15.4 Å². The third-order valence-corrected chi connectivity index (χ3v) is 1.04. The second-order valence-corrected chi connectivity index (χ2v) is 2.50. The second kappa shape index (κ2) is 1.65. The van der Waals surface area contributed by atoms with Gasteiger partial charge in [-0.1, -0.05) is 0 Å². The molecule has 0 aromatic rings. The lowest BCUT2D eigenvalue weighted by Gasteiger charge is -2.15. The van der Waals surface area contributed by atoms with E-state index in [1.165, 1.54) is 0 Å². The molecule has 0 saturated carbocycles. The summed E-state index contributed by atoms with van der Waals surface area (Å²) in [6.45, 7) is 4.06. The van der Waals surface area contributed by atoms with E-state index in [9.17, 15) is 0 Å². The maximum atomic E-state index is 3.89. The smallest absolute Gasteiger partial charge is 0.0832 e. The fourth-order valence-corrected chi connectivity index (χ4v) is 0.488. The summed E-state index contributed by atoms with van der Waals surface area (Å²) in [6, 6.07) is 0. The highest BCUT2D eigenvalue weighted by atomic mass is 15.4. The first kappa shape index (κ1) is 5.41. The van der Waals surface area contributed by atoms with Gasteiger partial charge in [0.05, 0.1) is 5.54 Å². The molecule has 0 fully saturated rings. The predicted octanol–water partition coefficient (Wildman–Crippen LogP) is 1.61. The van der Waals surface area contributed by atoms with Crippen molar-refractivity contribution < 1.29 is 0 Å². The molecule has 0 saturated heterocycles. The van der Waals surface area contributed by atoms with E-state index in [1.54, 1.807) is 6.21 Å². The largest absolute Gasteiger partial charge is 0.162 e. The molecule has 1 aliphatic heterocycles. The van der Waals surface area contributed by atoms with Crippen LogP contribution in [0.2, 0.25) is 0 Å². The zero-order valence-electron chi connectivity index (χ0n) is 5.13. The standard InChI is InChI=1S/C5H9N3/c1-5(2)3-4-6-8-7-5/h4H,3H2,1-2H3. The Kier molecular flexibility index (Phi) is 1.12. The topological polar surface area (TPSA) is 37.1 Å². The Hall–Kier alpha value is -0.730. The molecule has 0 unspecified atom stereocenters. The minimum absolute atomic E-state index is 0.0122. The molecule has 1 rings (SSSR count). The lowest BCUT2D eigenvalue weighted by Crippen LogP contribution is -2.17. The highest BCUT2D eigenvalue weighted by Crippen LogP contribution is 2.15. The van der Waals surface area contributed by atoms with Crippen LogP contribution >= 0.6 is 0 Å². The van der Waals surface area contributed by atoms with Crippen molar-refractivity contribution in [3.63, 3.8) is 0 Å². The molecule has 8 heavy (non-hydrogen) atoms. The molecule has 44 valence electrons. The number of nitrogens with zero attached hydrogens (tertiary/aromatic N) is 3. The van der Waals surface area contributed by atoms with E-state index in [2.05, 4.69) is 15.4 Å². The first-order chi connectivity index (χ1) is 3.71. The van der Waals surface area contributed by atoms with Crippen LogP contribution in [0.3, 0.4) is 0 Å². The van der Waals surface area contributed by atoms with E-state index in [-0.39, 0.29) is 5.54 Å². The molecule has 1 heterocycles. The minimum Gasteiger partial charge on any atom is -0.162 e. The fourth-order valence-electron chi connectivity index (χ4n) is 0.488. The molecular formula is C5H9N3. The number of hydrogen-bond acceptors (Lipinski definition) is 3. The maximum absolute atomic E-state index is 3.89. The molecule has 3 heteroatoms. The van der Waals surface area contributed by atoms with Crippen LogP contribution in [-0.2, 0) is 0 Å². The van der Waals surface area contributed by atoms with E-state index < -0.39 is 0 Å². The SMILES string of the molecule is CC1(C)CC=NN=N1. The van der Waals surface area contributed by atoms with Gasteiger partial charge in [-0.25, -0.2) is 0 Å². The third kappa shape index (κ3) is 1.12. The molecule has 1 aliphatic rings. The Labute approximate surface area is 48.5 Å². The van der Waals surface area contributed by atoms with Gasteiger partial charge in [0.15, 0.2) is 0 Å². The van der Waals surface area contributed by atoms with Gasteiger partial charge in [0.1, 0.15) is 0 Å². The third-order valence-electron chi connectivity index (χ3n) is 1.04. The van der Waals surface area contributed by atoms with Crippen LogP contribution in [0, 0.1) is 0 Å². The van der Waals surface area contributed by atoms with Gasteiger partial charge < -0.3 is 0 Å². The molecule has 3 nitrogen and oxygen atoms in total. The van der Waals surface area contributed by atoms with Gasteiger partial charge in [-0.05, 0) is 19.1 Å². The molecule has 0 atom stereocenters. The van der Waals surface area contributed by atoms with E-state index in [4.69, 9.17) is 0 Å². The predicted molar refractivity (Wildman–Crippen MR) is 32.0 cm³/mol. The second-order valence-electron chi connectivity index (χ2n) is 2.50. The first-order valence-electron chi connectivity index (χ1n) is 2.64. The molecule has 0 amide bonds. The van der Waals surface area contributed by atoms with Gasteiger partial charge in [-0.3, -0.25) is 0 Å². The van der Waals surface area contributed by atoms with Crippen LogP contribution in [0.25, 0.3) is 0 Å². The highest BCUT2D eigenvalue weighted by molar-refractivity contribution is 5.59. The van der Waals surface area contributed by atoms with E-state index in [1.807, 2.05) is 13.8 Å². The van der Waals surface area contributed by atoms with Crippen LogP contribution in [0.5, 0.6) is 0 Å². The Balaban J connectivity index is 2.65. The first-order valence-corrected chi connectivity index (χ1v) is 2.64. The molecule has 0 aromatic heterocycles. The van der Waals surface area contributed by atoms with Gasteiger partial charge in [0.25, 0.3) is 0 Å². The lowest BCUT2D eigenvalue weighted by atomic mass is 10.0. The Morgan fingerprint density at radius 2 is 2.25 bits per heavy atom. The molecule has 0 spiro atoms. The molecule has 0 radical (unpaired) electrons. The number of hydrogen-bond donors (Lipinski definition) is 0. The summed E-state index contributed by atoms with van der Waals surface area (Å²) in [7, 11) is 0. The van der Waals surface area contributed by atoms with Crippen molar-refractivity contribution >= 4 is 6.21 Å². The normalized spacial score (nSPS) is 23.8. The van der Waals surface area contributed by atoms with Crippen LogP contribution in [0.1, 0.15) is 20.3 Å². The average molecular weight is 111 g/mol. The summed E-state index contributed by atoms with van der Waals surface area (Å²) in [5, 5.41) is 11.0. The van der Waals surface area contributed by atoms with Gasteiger partial charge >= 0.3 is 0 Å². The summed E-state index contributed by atoms with van der Waals surface area (Å²) in [5.41, 5.74) is -0.0122. The van der Waals surface area contributed by atoms with Crippen molar-refractivity contribution in [1.82, 2.24) is 0 Å². The summed E-state index contributed by atoms with van der Waals surface area (Å²) in [4.78, 5) is 0. The Morgan fingerprint density at radius 3 is 2.50 bits per heavy atom. The van der Waals surface area contributed by atoms with Gasteiger partial charge in [0.2, 0.25) is 0 Å². The van der Waals surface area contributed by atoms with Crippen molar-refractivity contribution in [1.29, 1.82) is 0 Å². The van der Waals surface area contributed by atoms with E-state index in [0.29, 0.717) is 0 Å². The summed E-state index contributed by atoms with van der Waals surface area (Å²) in [5.74, 6) is 0. The Bertz CT molecular complexity index is 135. The van der Waals surface area contributed by atoms with Crippen molar-refractivity contribution in [2.24, 2.45) is 15.4 Å². The zero-order valence-corrected chi connectivity index (χ0v) is 5.13. The molecular weight excluding hydrogens is 102 g/mol. The molecule has 0 aromatic carbocycles. The quantitative estimate of drug-likeness (QED) is 0.455. The average Bonchev–Trinajstić information content (AvgIpc) is 1.65. The minimum atomic E-state index is -0.0122. The van der Waals surface area contributed by atoms with Crippen molar-refractivity contribution in [2.75, 3.05) is 0 Å². The zero-order chi connectivity index (χ0) is 6.04. The van der Waals surface area contributed by atoms with E-state index in [0.717, 1.165) is 6.42 Å². The van der Waals surface area contributed by atoms with Crippen molar-refractivity contribution in [2.45, 2.75) is 25.8 Å². The molecule has 0 bridgehead atoms. The van der Waals surface area contributed by atoms with Gasteiger partial charge in [0, 0.05) is 12.6 Å². The van der Waals surface area contributed by atoms with Crippen LogP contribution in [0.4, 0.5) is 0 Å². The number of rotatable bonds is 0. The maximum Gasteiger partial charge on any atom is 0.0832 e. The Morgan fingerprint density at radius 1 is 1.50 bits per heavy atom. The molecule has 0 N–H and O–H groups in total. The van der Waals surface area contributed by atoms with Gasteiger partial charge in [-0.15, -0.1) is 5.10 Å². The van der Waals surface area contributed by atoms with Crippen LogP contribution < -0.4 is 0 Å². The summed E-state index contributed by atoms with van der Waals surface area (Å²) >= 11 is 0. The van der Waals surface area contributed by atoms with E-state index >= 15 is 0 Å². The van der Waals surface area contributed by atoms with Gasteiger partial charge in [-0.2, -0.15) is 5.11 Å².